The molecule has 3 rings (SSSR count). The lowest BCUT2D eigenvalue weighted by Gasteiger charge is -2.20. The lowest BCUT2D eigenvalue weighted by atomic mass is 10.2. The van der Waals surface area contributed by atoms with Crippen molar-refractivity contribution in [2.24, 2.45) is 12.8 Å². The van der Waals surface area contributed by atoms with Crippen LogP contribution in [0.15, 0.2) is 29.3 Å². The Hall–Kier alpha value is -2.28. The Morgan fingerprint density at radius 3 is 2.95 bits per heavy atom. The second kappa shape index (κ2) is 5.25. The molecule has 0 spiro atoms. The zero-order chi connectivity index (χ0) is 15.0. The summed E-state index contributed by atoms with van der Waals surface area (Å²) in [6.45, 7) is 1.38. The SMILES string of the molecule is Cn1c(N2CC[C@@H](N)C2)nc(-c2ccncc2F)cc1=O. The van der Waals surface area contributed by atoms with Crippen molar-refractivity contribution in [2.75, 3.05) is 18.0 Å². The highest BCUT2D eigenvalue weighted by molar-refractivity contribution is 5.60. The summed E-state index contributed by atoms with van der Waals surface area (Å²) < 4.78 is 15.3. The van der Waals surface area contributed by atoms with Gasteiger partial charge in [-0.2, -0.15) is 0 Å². The van der Waals surface area contributed by atoms with Gasteiger partial charge in [0.05, 0.1) is 11.9 Å². The van der Waals surface area contributed by atoms with Gasteiger partial charge >= 0.3 is 0 Å². The van der Waals surface area contributed by atoms with Crippen molar-refractivity contribution in [3.8, 4) is 11.3 Å². The molecule has 110 valence electrons. The van der Waals surface area contributed by atoms with Crippen LogP contribution in [0.1, 0.15) is 6.42 Å². The van der Waals surface area contributed by atoms with Crippen molar-refractivity contribution in [3.63, 3.8) is 0 Å². The van der Waals surface area contributed by atoms with Gasteiger partial charge in [0.2, 0.25) is 5.95 Å². The quantitative estimate of drug-likeness (QED) is 0.872. The van der Waals surface area contributed by atoms with Gasteiger partial charge in [-0.1, -0.05) is 0 Å². The van der Waals surface area contributed by atoms with E-state index in [-0.39, 0.29) is 17.2 Å². The second-order valence-corrected chi connectivity index (χ2v) is 5.19. The van der Waals surface area contributed by atoms with Gasteiger partial charge in [0.15, 0.2) is 5.82 Å². The van der Waals surface area contributed by atoms with Gasteiger partial charge in [0, 0.05) is 44.0 Å². The van der Waals surface area contributed by atoms with Crippen LogP contribution in [-0.4, -0.2) is 33.7 Å². The second-order valence-electron chi connectivity index (χ2n) is 5.19. The zero-order valence-corrected chi connectivity index (χ0v) is 11.7. The highest BCUT2D eigenvalue weighted by Gasteiger charge is 2.23. The Bertz CT molecular complexity index is 730. The number of rotatable bonds is 2. The molecule has 1 saturated heterocycles. The predicted octanol–water partition coefficient (Wildman–Crippen LogP) is 0.519. The minimum absolute atomic E-state index is 0.0724. The molecule has 3 heterocycles. The van der Waals surface area contributed by atoms with Crippen molar-refractivity contribution in [3.05, 3.63) is 40.7 Å². The average Bonchev–Trinajstić information content (AvgIpc) is 2.89. The summed E-state index contributed by atoms with van der Waals surface area (Å²) in [6, 6.07) is 2.91. The number of hydrogen-bond donors (Lipinski definition) is 1. The topological polar surface area (TPSA) is 77.0 Å². The van der Waals surface area contributed by atoms with E-state index in [9.17, 15) is 9.18 Å². The fraction of sp³-hybridized carbons (Fsp3) is 0.357. The maximum atomic E-state index is 13.8. The first-order valence-corrected chi connectivity index (χ1v) is 6.75. The van der Waals surface area contributed by atoms with Crippen molar-refractivity contribution in [2.45, 2.75) is 12.5 Å². The average molecular weight is 289 g/mol. The van der Waals surface area contributed by atoms with Gasteiger partial charge in [-0.3, -0.25) is 14.3 Å². The molecular weight excluding hydrogens is 273 g/mol. The van der Waals surface area contributed by atoms with Gasteiger partial charge < -0.3 is 10.6 Å². The Kier molecular flexibility index (Phi) is 3.42. The third-order valence-corrected chi connectivity index (χ3v) is 3.67. The number of pyridine rings is 1. The standard InChI is InChI=1S/C14H16FN5O/c1-19-13(21)6-12(10-2-4-17-7-11(10)15)18-14(19)20-5-3-9(16)8-20/h2,4,6-7,9H,3,5,8,16H2,1H3/t9-/m1/s1. The third kappa shape index (κ3) is 2.52. The van der Waals surface area contributed by atoms with E-state index in [2.05, 4.69) is 9.97 Å². The Balaban J connectivity index is 2.10. The summed E-state index contributed by atoms with van der Waals surface area (Å²) in [7, 11) is 1.65. The summed E-state index contributed by atoms with van der Waals surface area (Å²) in [6.07, 6.45) is 3.44. The lowest BCUT2D eigenvalue weighted by molar-refractivity contribution is 0.624. The first-order valence-electron chi connectivity index (χ1n) is 6.75. The molecule has 1 atom stereocenters. The van der Waals surface area contributed by atoms with E-state index in [0.717, 1.165) is 19.2 Å². The van der Waals surface area contributed by atoms with E-state index in [1.165, 1.54) is 22.9 Å². The maximum absolute atomic E-state index is 13.8. The van der Waals surface area contributed by atoms with Crippen molar-refractivity contribution < 1.29 is 4.39 Å². The van der Waals surface area contributed by atoms with E-state index in [0.29, 0.717) is 18.2 Å². The molecule has 2 N–H and O–H groups in total. The van der Waals surface area contributed by atoms with E-state index in [1.807, 2.05) is 4.90 Å². The molecule has 0 aromatic carbocycles. The molecular formula is C14H16FN5O. The molecule has 0 saturated carbocycles. The summed E-state index contributed by atoms with van der Waals surface area (Å²) in [5, 5.41) is 0. The normalized spacial score (nSPS) is 18.2. The van der Waals surface area contributed by atoms with Gasteiger partial charge in [-0.05, 0) is 12.5 Å². The third-order valence-electron chi connectivity index (χ3n) is 3.67. The van der Waals surface area contributed by atoms with E-state index in [1.54, 1.807) is 7.05 Å². The number of halogens is 1. The molecule has 2 aromatic rings. The van der Waals surface area contributed by atoms with Crippen LogP contribution in [-0.2, 0) is 7.05 Å². The van der Waals surface area contributed by atoms with Gasteiger partial charge in [0.25, 0.3) is 5.56 Å². The molecule has 1 aliphatic heterocycles. The zero-order valence-electron chi connectivity index (χ0n) is 11.7. The molecule has 0 amide bonds. The molecule has 0 unspecified atom stereocenters. The molecule has 7 heteroatoms. The maximum Gasteiger partial charge on any atom is 0.255 e. The van der Waals surface area contributed by atoms with Gasteiger partial charge in [-0.15, -0.1) is 0 Å². The Morgan fingerprint density at radius 1 is 1.48 bits per heavy atom. The van der Waals surface area contributed by atoms with Crippen LogP contribution in [0.2, 0.25) is 0 Å². The number of aromatic nitrogens is 3. The number of nitrogens with zero attached hydrogens (tertiary/aromatic N) is 4. The van der Waals surface area contributed by atoms with Crippen molar-refractivity contribution in [1.82, 2.24) is 14.5 Å². The van der Waals surface area contributed by atoms with Crippen LogP contribution >= 0.6 is 0 Å². The first kappa shape index (κ1) is 13.7. The fourth-order valence-corrected chi connectivity index (χ4v) is 2.50. The van der Waals surface area contributed by atoms with Crippen LogP contribution in [0.25, 0.3) is 11.3 Å². The highest BCUT2D eigenvalue weighted by atomic mass is 19.1. The Morgan fingerprint density at radius 2 is 2.29 bits per heavy atom. The van der Waals surface area contributed by atoms with Crippen LogP contribution in [0.4, 0.5) is 10.3 Å². The minimum atomic E-state index is -0.498. The van der Waals surface area contributed by atoms with Crippen molar-refractivity contribution >= 4 is 5.95 Å². The lowest BCUT2D eigenvalue weighted by Crippen LogP contribution is -2.32. The number of hydrogen-bond acceptors (Lipinski definition) is 5. The van der Waals surface area contributed by atoms with E-state index in [4.69, 9.17) is 5.73 Å². The first-order chi connectivity index (χ1) is 10.1. The molecule has 1 aliphatic rings. The van der Waals surface area contributed by atoms with E-state index < -0.39 is 5.82 Å². The summed E-state index contributed by atoms with van der Waals surface area (Å²) in [5.41, 5.74) is 6.25. The summed E-state index contributed by atoms with van der Waals surface area (Å²) in [5.74, 6) is 0.0176. The van der Waals surface area contributed by atoms with Crippen molar-refractivity contribution in [1.29, 1.82) is 0 Å². The van der Waals surface area contributed by atoms with Gasteiger partial charge in [0.1, 0.15) is 0 Å². The van der Waals surface area contributed by atoms with Gasteiger partial charge in [-0.25, -0.2) is 9.37 Å². The highest BCUT2D eigenvalue weighted by Crippen LogP contribution is 2.22. The molecule has 21 heavy (non-hydrogen) atoms. The fourth-order valence-electron chi connectivity index (χ4n) is 2.50. The largest absolute Gasteiger partial charge is 0.341 e. The molecule has 0 radical (unpaired) electrons. The molecule has 0 aliphatic carbocycles. The summed E-state index contributed by atoms with van der Waals surface area (Å²) >= 11 is 0. The number of nitrogens with two attached hydrogens (primary N) is 1. The minimum Gasteiger partial charge on any atom is -0.341 e. The van der Waals surface area contributed by atoms with E-state index >= 15 is 0 Å². The molecule has 0 bridgehead atoms. The predicted molar refractivity (Wildman–Crippen MR) is 77.5 cm³/mol. The smallest absolute Gasteiger partial charge is 0.255 e. The van der Waals surface area contributed by atoms with Crippen LogP contribution in [0.3, 0.4) is 0 Å². The molecule has 6 nitrogen and oxygen atoms in total. The monoisotopic (exact) mass is 289 g/mol. The molecule has 2 aromatic heterocycles. The molecule has 1 fully saturated rings. The number of anilines is 1. The van der Waals surface area contributed by atoms with Crippen LogP contribution < -0.4 is 16.2 Å². The van der Waals surface area contributed by atoms with Crippen LogP contribution in [0.5, 0.6) is 0 Å². The van der Waals surface area contributed by atoms with Crippen LogP contribution in [0, 0.1) is 5.82 Å². The summed E-state index contributed by atoms with van der Waals surface area (Å²) in [4.78, 5) is 22.2. The Labute approximate surface area is 121 Å².